The van der Waals surface area contributed by atoms with Gasteiger partial charge in [-0.2, -0.15) is 13.2 Å². The second kappa shape index (κ2) is 7.34. The van der Waals surface area contributed by atoms with E-state index in [1.807, 2.05) is 0 Å². The van der Waals surface area contributed by atoms with E-state index in [4.69, 9.17) is 10.5 Å². The van der Waals surface area contributed by atoms with Gasteiger partial charge < -0.3 is 10.5 Å². The quantitative estimate of drug-likeness (QED) is 0.679. The highest BCUT2D eigenvalue weighted by molar-refractivity contribution is 5.89. The first kappa shape index (κ1) is 20.0. The summed E-state index contributed by atoms with van der Waals surface area (Å²) < 4.78 is 47.4. The Balaban J connectivity index is 1.89. The van der Waals surface area contributed by atoms with Crippen molar-refractivity contribution >= 4 is 10.8 Å². The molecule has 2 aromatic carbocycles. The van der Waals surface area contributed by atoms with E-state index in [2.05, 4.69) is 20.8 Å². The summed E-state index contributed by atoms with van der Waals surface area (Å²) in [4.78, 5) is 0. The van der Waals surface area contributed by atoms with Crippen LogP contribution in [0.4, 0.5) is 13.2 Å². The Morgan fingerprint density at radius 1 is 1.00 bits per heavy atom. The summed E-state index contributed by atoms with van der Waals surface area (Å²) in [5.41, 5.74) is 5.97. The van der Waals surface area contributed by atoms with E-state index in [1.165, 1.54) is 12.1 Å². The van der Waals surface area contributed by atoms with Gasteiger partial charge in [0.1, 0.15) is 11.3 Å². The molecule has 1 fully saturated rings. The molecule has 3 rings (SSSR count). The van der Waals surface area contributed by atoms with Crippen molar-refractivity contribution in [1.82, 2.24) is 0 Å². The van der Waals surface area contributed by atoms with Gasteiger partial charge in [0, 0.05) is 6.54 Å². The zero-order chi connectivity index (χ0) is 19.8. The third-order valence-electron chi connectivity index (χ3n) is 5.76. The van der Waals surface area contributed by atoms with Gasteiger partial charge in [-0.3, -0.25) is 0 Å². The molecule has 5 heteroatoms. The molecule has 0 saturated heterocycles. The lowest BCUT2D eigenvalue weighted by Crippen LogP contribution is -2.31. The standard InChI is InChI=1S/C22H28F3NO/c1-21(2,3)16-6-8-17(9-7-16)27-19-11-5-15-12-14(13-26)4-10-18(15)20(19)22(23,24)25/h4-5,10-12,16-17H,6-9,13,26H2,1-3H3. The third-order valence-corrected chi connectivity index (χ3v) is 5.76. The summed E-state index contributed by atoms with van der Waals surface area (Å²) in [6, 6.07) is 8.02. The molecule has 0 spiro atoms. The van der Waals surface area contributed by atoms with Crippen LogP contribution >= 0.6 is 0 Å². The third kappa shape index (κ3) is 4.40. The summed E-state index contributed by atoms with van der Waals surface area (Å²) in [5.74, 6) is 0.528. The Bertz CT molecular complexity index is 800. The van der Waals surface area contributed by atoms with Gasteiger partial charge in [-0.25, -0.2) is 0 Å². The Morgan fingerprint density at radius 2 is 1.67 bits per heavy atom. The maximum atomic E-state index is 13.8. The van der Waals surface area contributed by atoms with Gasteiger partial charge in [0.25, 0.3) is 0 Å². The van der Waals surface area contributed by atoms with Gasteiger partial charge >= 0.3 is 6.18 Å². The average molecular weight is 379 g/mol. The molecule has 0 heterocycles. The fourth-order valence-corrected chi connectivity index (χ4v) is 4.10. The van der Waals surface area contributed by atoms with E-state index in [9.17, 15) is 13.2 Å². The van der Waals surface area contributed by atoms with E-state index in [1.54, 1.807) is 18.2 Å². The van der Waals surface area contributed by atoms with Crippen molar-refractivity contribution in [2.45, 2.75) is 65.3 Å². The van der Waals surface area contributed by atoms with Crippen LogP contribution in [-0.4, -0.2) is 6.10 Å². The number of alkyl halides is 3. The maximum absolute atomic E-state index is 13.8. The molecule has 1 saturated carbocycles. The summed E-state index contributed by atoms with van der Waals surface area (Å²) in [6.07, 6.45) is -1.06. The summed E-state index contributed by atoms with van der Waals surface area (Å²) in [6.45, 7) is 6.96. The van der Waals surface area contributed by atoms with Crippen molar-refractivity contribution in [3.63, 3.8) is 0 Å². The maximum Gasteiger partial charge on any atom is 0.420 e. The predicted molar refractivity (Wildman–Crippen MR) is 103 cm³/mol. The van der Waals surface area contributed by atoms with Crippen LogP contribution in [0.5, 0.6) is 5.75 Å². The zero-order valence-electron chi connectivity index (χ0n) is 16.2. The largest absolute Gasteiger partial charge is 0.490 e. The van der Waals surface area contributed by atoms with Gasteiger partial charge in [0.05, 0.1) is 6.10 Å². The molecule has 0 unspecified atom stereocenters. The van der Waals surface area contributed by atoms with Gasteiger partial charge in [-0.15, -0.1) is 0 Å². The SMILES string of the molecule is CC(C)(C)C1CCC(Oc2ccc3cc(CN)ccc3c2C(F)(F)F)CC1. The molecule has 148 valence electrons. The van der Waals surface area contributed by atoms with Crippen LogP contribution in [0.1, 0.15) is 57.6 Å². The van der Waals surface area contributed by atoms with Crippen molar-refractivity contribution in [1.29, 1.82) is 0 Å². The lowest BCUT2D eigenvalue weighted by Gasteiger charge is -2.37. The van der Waals surface area contributed by atoms with Crippen LogP contribution in [0.3, 0.4) is 0 Å². The highest BCUT2D eigenvalue weighted by Gasteiger charge is 2.38. The highest BCUT2D eigenvalue weighted by atomic mass is 19.4. The molecular weight excluding hydrogens is 351 g/mol. The lowest BCUT2D eigenvalue weighted by molar-refractivity contribution is -0.138. The van der Waals surface area contributed by atoms with E-state index in [0.29, 0.717) is 17.8 Å². The smallest absolute Gasteiger partial charge is 0.420 e. The molecule has 0 aliphatic heterocycles. The molecule has 0 atom stereocenters. The molecule has 0 radical (unpaired) electrons. The van der Waals surface area contributed by atoms with Crippen LogP contribution in [0.2, 0.25) is 0 Å². The zero-order valence-corrected chi connectivity index (χ0v) is 16.2. The van der Waals surface area contributed by atoms with Gasteiger partial charge in [-0.05, 0) is 65.5 Å². The summed E-state index contributed by atoms with van der Waals surface area (Å²) >= 11 is 0. The first-order valence-corrected chi connectivity index (χ1v) is 9.59. The van der Waals surface area contributed by atoms with Crippen LogP contribution in [0.25, 0.3) is 10.8 Å². The number of hydrogen-bond donors (Lipinski definition) is 1. The fraction of sp³-hybridized carbons (Fsp3) is 0.545. The molecule has 27 heavy (non-hydrogen) atoms. The molecule has 1 aliphatic rings. The van der Waals surface area contributed by atoms with Gasteiger partial charge in [-0.1, -0.05) is 39.0 Å². The van der Waals surface area contributed by atoms with Crippen molar-refractivity contribution in [2.75, 3.05) is 0 Å². The molecule has 1 aliphatic carbocycles. The van der Waals surface area contributed by atoms with Crippen LogP contribution < -0.4 is 10.5 Å². The normalized spacial score (nSPS) is 21.4. The first-order chi connectivity index (χ1) is 12.6. The number of fused-ring (bicyclic) bond motifs is 1. The number of halogens is 3. The molecule has 2 nitrogen and oxygen atoms in total. The monoisotopic (exact) mass is 379 g/mol. The molecule has 0 aromatic heterocycles. The number of hydrogen-bond acceptors (Lipinski definition) is 2. The van der Waals surface area contributed by atoms with Crippen LogP contribution in [0.15, 0.2) is 30.3 Å². The van der Waals surface area contributed by atoms with Crippen LogP contribution in [-0.2, 0) is 12.7 Å². The van der Waals surface area contributed by atoms with Crippen LogP contribution in [0, 0.1) is 11.3 Å². The van der Waals surface area contributed by atoms with E-state index < -0.39 is 11.7 Å². The highest BCUT2D eigenvalue weighted by Crippen LogP contribution is 2.44. The molecular formula is C22H28F3NO. The second-order valence-electron chi connectivity index (χ2n) is 8.65. The van der Waals surface area contributed by atoms with Crippen molar-refractivity contribution in [3.05, 3.63) is 41.5 Å². The van der Waals surface area contributed by atoms with E-state index >= 15 is 0 Å². The fourth-order valence-electron chi connectivity index (χ4n) is 4.10. The number of ether oxygens (including phenoxy) is 1. The predicted octanol–water partition coefficient (Wildman–Crippen LogP) is 6.30. The summed E-state index contributed by atoms with van der Waals surface area (Å²) in [7, 11) is 0. The molecule has 2 N–H and O–H groups in total. The topological polar surface area (TPSA) is 35.2 Å². The lowest BCUT2D eigenvalue weighted by atomic mass is 9.72. The number of benzene rings is 2. The van der Waals surface area contributed by atoms with Crippen molar-refractivity contribution in [3.8, 4) is 5.75 Å². The first-order valence-electron chi connectivity index (χ1n) is 9.59. The Kier molecular flexibility index (Phi) is 5.44. The number of rotatable bonds is 3. The van der Waals surface area contributed by atoms with Gasteiger partial charge in [0.15, 0.2) is 0 Å². The molecule has 0 bridgehead atoms. The Hall–Kier alpha value is -1.75. The van der Waals surface area contributed by atoms with Crippen molar-refractivity contribution < 1.29 is 17.9 Å². The van der Waals surface area contributed by atoms with Gasteiger partial charge in [0.2, 0.25) is 0 Å². The van der Waals surface area contributed by atoms with E-state index in [-0.39, 0.29) is 22.7 Å². The van der Waals surface area contributed by atoms with E-state index in [0.717, 1.165) is 31.2 Å². The second-order valence-corrected chi connectivity index (χ2v) is 8.65. The molecule has 2 aromatic rings. The number of nitrogens with two attached hydrogens (primary N) is 1. The average Bonchev–Trinajstić information content (AvgIpc) is 2.59. The Morgan fingerprint density at radius 3 is 2.22 bits per heavy atom. The minimum absolute atomic E-state index is 0.0605. The summed E-state index contributed by atoms with van der Waals surface area (Å²) in [5, 5.41) is 0.703. The molecule has 0 amide bonds. The minimum atomic E-state index is -4.47. The minimum Gasteiger partial charge on any atom is -0.490 e. The van der Waals surface area contributed by atoms with Crippen molar-refractivity contribution in [2.24, 2.45) is 17.1 Å². The Labute approximate surface area is 158 Å².